The quantitative estimate of drug-likeness (QED) is 0.578. The van der Waals surface area contributed by atoms with E-state index in [9.17, 15) is 14.9 Å². The molecule has 0 radical (unpaired) electrons. The molecule has 0 spiro atoms. The van der Waals surface area contributed by atoms with Gasteiger partial charge in [-0.15, -0.1) is 0 Å². The maximum Gasteiger partial charge on any atom is 0.417 e. The minimum atomic E-state index is -0.692. The van der Waals surface area contributed by atoms with Gasteiger partial charge in [0.1, 0.15) is 0 Å². The van der Waals surface area contributed by atoms with Gasteiger partial charge in [0.15, 0.2) is 5.58 Å². The summed E-state index contributed by atoms with van der Waals surface area (Å²) < 4.78 is 4.67. The Kier molecular flexibility index (Phi) is 1.78. The van der Waals surface area contributed by atoms with E-state index in [0.717, 1.165) is 6.07 Å². The first-order chi connectivity index (χ1) is 6.58. The summed E-state index contributed by atoms with van der Waals surface area (Å²) in [6.45, 7) is 0. The summed E-state index contributed by atoms with van der Waals surface area (Å²) in [6.07, 6.45) is 0. The Hall–Kier alpha value is -1.82. The number of nitro groups is 1. The molecule has 0 aliphatic heterocycles. The number of hydrogen-bond donors (Lipinski definition) is 1. The Bertz CT molecular complexity index is 571. The van der Waals surface area contributed by atoms with Gasteiger partial charge < -0.3 is 4.42 Å². The Morgan fingerprint density at radius 2 is 2.21 bits per heavy atom. The molecule has 0 amide bonds. The van der Waals surface area contributed by atoms with E-state index in [0.29, 0.717) is 0 Å². The molecule has 0 bridgehead atoms. The number of fused-ring (bicyclic) bond motifs is 1. The van der Waals surface area contributed by atoms with Crippen LogP contribution >= 0.6 is 11.6 Å². The number of non-ortho nitro benzene ring substituents is 1. The average Bonchev–Trinajstić information content (AvgIpc) is 2.45. The second-order valence-electron chi connectivity index (χ2n) is 2.58. The van der Waals surface area contributed by atoms with Crippen LogP contribution in [0.25, 0.3) is 11.1 Å². The molecule has 1 N–H and O–H groups in total. The van der Waals surface area contributed by atoms with Gasteiger partial charge in [-0.3, -0.25) is 15.1 Å². The Morgan fingerprint density at radius 1 is 1.50 bits per heavy atom. The summed E-state index contributed by atoms with van der Waals surface area (Å²) >= 11 is 5.66. The van der Waals surface area contributed by atoms with Gasteiger partial charge in [0.05, 0.1) is 15.5 Å². The summed E-state index contributed by atoms with van der Waals surface area (Å²) in [6, 6.07) is 2.31. The first-order valence-corrected chi connectivity index (χ1v) is 3.92. The van der Waals surface area contributed by atoms with E-state index >= 15 is 0 Å². The lowest BCUT2D eigenvalue weighted by atomic mass is 10.3. The van der Waals surface area contributed by atoms with Gasteiger partial charge in [-0.25, -0.2) is 4.79 Å². The molecule has 1 heterocycles. The molecule has 0 aliphatic carbocycles. The number of aromatic amines is 1. The first kappa shape index (κ1) is 8.76. The van der Waals surface area contributed by atoms with Crippen molar-refractivity contribution < 1.29 is 9.34 Å². The van der Waals surface area contributed by atoms with Crippen LogP contribution in [-0.2, 0) is 0 Å². The van der Waals surface area contributed by atoms with Crippen molar-refractivity contribution in [1.82, 2.24) is 4.98 Å². The fourth-order valence-electron chi connectivity index (χ4n) is 1.11. The molecule has 0 unspecified atom stereocenters. The summed E-state index contributed by atoms with van der Waals surface area (Å²) in [4.78, 5) is 22.9. The fourth-order valence-corrected chi connectivity index (χ4v) is 1.36. The topological polar surface area (TPSA) is 89.1 Å². The summed E-state index contributed by atoms with van der Waals surface area (Å²) in [5.41, 5.74) is 0.149. The van der Waals surface area contributed by atoms with Crippen molar-refractivity contribution in [2.24, 2.45) is 0 Å². The number of nitrogens with zero attached hydrogens (tertiary/aromatic N) is 1. The van der Waals surface area contributed by atoms with Crippen molar-refractivity contribution in [2.45, 2.75) is 0 Å². The van der Waals surface area contributed by atoms with E-state index in [2.05, 4.69) is 9.40 Å². The summed E-state index contributed by atoms with van der Waals surface area (Å²) in [5, 5.41) is 10.5. The van der Waals surface area contributed by atoms with Crippen molar-refractivity contribution in [3.05, 3.63) is 37.8 Å². The molecular weight excluding hydrogens is 212 g/mol. The molecule has 0 fully saturated rings. The van der Waals surface area contributed by atoms with E-state index in [1.165, 1.54) is 6.07 Å². The van der Waals surface area contributed by atoms with Crippen molar-refractivity contribution in [1.29, 1.82) is 0 Å². The lowest BCUT2D eigenvalue weighted by Gasteiger charge is -1.92. The van der Waals surface area contributed by atoms with Crippen LogP contribution in [0.3, 0.4) is 0 Å². The van der Waals surface area contributed by atoms with E-state index in [4.69, 9.17) is 11.6 Å². The highest BCUT2D eigenvalue weighted by atomic mass is 35.5. The number of oxazole rings is 1. The monoisotopic (exact) mass is 214 g/mol. The Labute approximate surface area is 81.2 Å². The molecule has 1 aromatic carbocycles. The molecular formula is C7H3ClN2O4. The standard InChI is InChI=1S/C7H3ClN2O4/c8-4-1-3(10(12)13)2-5-6(4)14-7(11)9-5/h1-2H,(H,9,11). The van der Waals surface area contributed by atoms with Gasteiger partial charge in [-0.2, -0.15) is 0 Å². The highest BCUT2D eigenvalue weighted by molar-refractivity contribution is 6.34. The molecule has 0 saturated heterocycles. The number of nitrogens with one attached hydrogen (secondary N) is 1. The predicted molar refractivity (Wildman–Crippen MR) is 48.5 cm³/mol. The second kappa shape index (κ2) is 2.85. The van der Waals surface area contributed by atoms with Crippen molar-refractivity contribution in [3.63, 3.8) is 0 Å². The molecule has 6 nitrogen and oxygen atoms in total. The van der Waals surface area contributed by atoms with Crippen LogP contribution in [-0.4, -0.2) is 9.91 Å². The van der Waals surface area contributed by atoms with Crippen LogP contribution in [0.5, 0.6) is 0 Å². The maximum absolute atomic E-state index is 10.8. The third kappa shape index (κ3) is 1.25. The fraction of sp³-hybridized carbons (Fsp3) is 0. The highest BCUT2D eigenvalue weighted by Crippen LogP contribution is 2.26. The van der Waals surface area contributed by atoms with Gasteiger partial charge in [0.25, 0.3) is 5.69 Å². The van der Waals surface area contributed by atoms with Gasteiger partial charge >= 0.3 is 5.76 Å². The zero-order valence-electron chi connectivity index (χ0n) is 6.61. The second-order valence-corrected chi connectivity index (χ2v) is 2.98. The largest absolute Gasteiger partial charge is 0.417 e. The van der Waals surface area contributed by atoms with E-state index < -0.39 is 10.7 Å². The van der Waals surface area contributed by atoms with E-state index in [1.807, 2.05) is 0 Å². The Balaban J connectivity index is 2.84. The third-order valence-corrected chi connectivity index (χ3v) is 1.95. The molecule has 0 aliphatic rings. The number of halogens is 1. The zero-order chi connectivity index (χ0) is 10.3. The minimum Gasteiger partial charge on any atom is -0.406 e. The van der Waals surface area contributed by atoms with E-state index in [1.54, 1.807) is 0 Å². The molecule has 2 aromatic rings. The number of aromatic nitrogens is 1. The molecule has 2 rings (SSSR count). The minimum absolute atomic E-state index is 0.0348. The SMILES string of the molecule is O=c1[nH]c2cc([N+](=O)[O-])cc(Cl)c2o1. The molecule has 1 aromatic heterocycles. The highest BCUT2D eigenvalue weighted by Gasteiger charge is 2.13. The van der Waals surface area contributed by atoms with Crippen molar-refractivity contribution >= 4 is 28.4 Å². The molecule has 72 valence electrons. The van der Waals surface area contributed by atoms with Crippen LogP contribution in [0.2, 0.25) is 5.02 Å². The normalized spacial score (nSPS) is 10.6. The van der Waals surface area contributed by atoms with Gasteiger partial charge in [0.2, 0.25) is 0 Å². The number of H-pyrrole nitrogens is 1. The molecule has 0 atom stereocenters. The van der Waals surface area contributed by atoms with Gasteiger partial charge in [-0.1, -0.05) is 11.6 Å². The smallest absolute Gasteiger partial charge is 0.406 e. The predicted octanol–water partition coefficient (Wildman–Crippen LogP) is 1.68. The van der Waals surface area contributed by atoms with Crippen LogP contribution in [0, 0.1) is 10.1 Å². The summed E-state index contributed by atoms with van der Waals surface area (Å²) in [5.74, 6) is -0.692. The Morgan fingerprint density at radius 3 is 2.86 bits per heavy atom. The lowest BCUT2D eigenvalue weighted by molar-refractivity contribution is -0.384. The number of benzene rings is 1. The van der Waals surface area contributed by atoms with Crippen LogP contribution < -0.4 is 5.76 Å². The van der Waals surface area contributed by atoms with Crippen LogP contribution in [0.1, 0.15) is 0 Å². The number of rotatable bonds is 1. The average molecular weight is 215 g/mol. The third-order valence-electron chi connectivity index (χ3n) is 1.67. The molecule has 7 heteroatoms. The molecule has 0 saturated carbocycles. The number of hydrogen-bond acceptors (Lipinski definition) is 4. The zero-order valence-corrected chi connectivity index (χ0v) is 7.37. The van der Waals surface area contributed by atoms with E-state index in [-0.39, 0.29) is 21.8 Å². The van der Waals surface area contributed by atoms with Crippen LogP contribution in [0.4, 0.5) is 5.69 Å². The van der Waals surface area contributed by atoms with Crippen molar-refractivity contribution in [3.8, 4) is 0 Å². The first-order valence-electron chi connectivity index (χ1n) is 3.54. The maximum atomic E-state index is 10.8. The molecule has 14 heavy (non-hydrogen) atoms. The van der Waals surface area contributed by atoms with Gasteiger partial charge in [-0.05, 0) is 0 Å². The lowest BCUT2D eigenvalue weighted by Crippen LogP contribution is -1.93. The van der Waals surface area contributed by atoms with Crippen LogP contribution in [0.15, 0.2) is 21.3 Å². The number of nitro benzene ring substituents is 1. The van der Waals surface area contributed by atoms with Crippen molar-refractivity contribution in [2.75, 3.05) is 0 Å². The van der Waals surface area contributed by atoms with Gasteiger partial charge in [0, 0.05) is 12.1 Å². The summed E-state index contributed by atoms with van der Waals surface area (Å²) in [7, 11) is 0.